The van der Waals surface area contributed by atoms with Crippen molar-refractivity contribution in [1.29, 1.82) is 0 Å². The molecule has 1 saturated heterocycles. The molecule has 1 N–H and O–H groups in total. The minimum Gasteiger partial charge on any atom is -0.381 e. The predicted octanol–water partition coefficient (Wildman–Crippen LogP) is 3.51. The van der Waals surface area contributed by atoms with Gasteiger partial charge in [-0.2, -0.15) is 0 Å². The lowest BCUT2D eigenvalue weighted by atomic mass is 9.87. The molecule has 0 bridgehead atoms. The molecule has 1 aliphatic carbocycles. The Labute approximate surface area is 135 Å². The summed E-state index contributed by atoms with van der Waals surface area (Å²) in [5.41, 5.74) is 0.535. The van der Waals surface area contributed by atoms with E-state index in [4.69, 9.17) is 16.3 Å². The Morgan fingerprint density at radius 2 is 2.14 bits per heavy atom. The fourth-order valence-corrected chi connectivity index (χ4v) is 3.59. The van der Waals surface area contributed by atoms with Gasteiger partial charge in [-0.1, -0.05) is 24.6 Å². The van der Waals surface area contributed by atoms with Gasteiger partial charge in [-0.3, -0.25) is 4.79 Å². The van der Waals surface area contributed by atoms with Crippen LogP contribution in [0.5, 0.6) is 0 Å². The van der Waals surface area contributed by atoms with E-state index < -0.39 is 0 Å². The third kappa shape index (κ3) is 3.28. The molecule has 3 atom stereocenters. The van der Waals surface area contributed by atoms with Crippen LogP contribution in [0, 0.1) is 17.7 Å². The predicted molar refractivity (Wildman–Crippen MR) is 83.4 cm³/mol. The summed E-state index contributed by atoms with van der Waals surface area (Å²) in [4.78, 5) is 12.4. The first-order valence-corrected chi connectivity index (χ1v) is 8.27. The van der Waals surface area contributed by atoms with Crippen LogP contribution in [0.3, 0.4) is 0 Å². The lowest BCUT2D eigenvalue weighted by molar-refractivity contribution is -0.127. The summed E-state index contributed by atoms with van der Waals surface area (Å²) in [6, 6.07) is 4.72. The van der Waals surface area contributed by atoms with Crippen molar-refractivity contribution < 1.29 is 13.9 Å². The number of halogens is 2. The average Bonchev–Trinajstić information content (AvgIpc) is 3.26. The van der Waals surface area contributed by atoms with Gasteiger partial charge in [0.15, 0.2) is 0 Å². The highest BCUT2D eigenvalue weighted by atomic mass is 35.5. The molecule has 2 fully saturated rings. The van der Waals surface area contributed by atoms with Crippen molar-refractivity contribution >= 4 is 17.5 Å². The van der Waals surface area contributed by atoms with Gasteiger partial charge < -0.3 is 10.1 Å². The molecule has 0 radical (unpaired) electrons. The quantitative estimate of drug-likeness (QED) is 0.920. The van der Waals surface area contributed by atoms with Gasteiger partial charge in [0.2, 0.25) is 5.91 Å². The highest BCUT2D eigenvalue weighted by Crippen LogP contribution is 2.45. The molecule has 0 spiro atoms. The number of amides is 1. The summed E-state index contributed by atoms with van der Waals surface area (Å²) in [6.07, 6.45) is 2.62. The van der Waals surface area contributed by atoms with Crippen LogP contribution in [0.1, 0.15) is 37.7 Å². The summed E-state index contributed by atoms with van der Waals surface area (Å²) < 4.78 is 19.2. The summed E-state index contributed by atoms with van der Waals surface area (Å²) >= 11 is 6.08. The maximum absolute atomic E-state index is 13.9. The van der Waals surface area contributed by atoms with Gasteiger partial charge in [-0.25, -0.2) is 4.39 Å². The molecule has 1 aromatic rings. The number of rotatable bonds is 4. The lowest BCUT2D eigenvalue weighted by Crippen LogP contribution is -2.37. The number of ether oxygens (including phenoxy) is 1. The highest BCUT2D eigenvalue weighted by molar-refractivity contribution is 6.31. The zero-order chi connectivity index (χ0) is 15.7. The smallest absolute Gasteiger partial charge is 0.223 e. The third-order valence-corrected chi connectivity index (χ3v) is 5.20. The van der Waals surface area contributed by atoms with Crippen LogP contribution in [-0.2, 0) is 9.53 Å². The summed E-state index contributed by atoms with van der Waals surface area (Å²) in [7, 11) is 0. The molecule has 3 nitrogen and oxygen atoms in total. The molecule has 2 aliphatic rings. The van der Waals surface area contributed by atoms with Crippen molar-refractivity contribution in [2.45, 2.75) is 38.1 Å². The first-order valence-electron chi connectivity index (χ1n) is 7.90. The molecular weight excluding hydrogens is 305 g/mol. The fraction of sp³-hybridized carbons (Fsp3) is 0.588. The molecule has 1 amide bonds. The number of carbonyl (C=O) groups excluding carboxylic acids is 1. The third-order valence-electron chi connectivity index (χ3n) is 4.88. The highest BCUT2D eigenvalue weighted by Gasteiger charge is 2.43. The number of carbonyl (C=O) groups is 1. The van der Waals surface area contributed by atoms with Gasteiger partial charge in [-0.05, 0) is 37.3 Å². The molecule has 0 unspecified atom stereocenters. The second-order valence-corrected chi connectivity index (χ2v) is 6.74. The number of nitrogens with one attached hydrogen (secondary N) is 1. The molecule has 120 valence electrons. The second kappa shape index (κ2) is 6.55. The van der Waals surface area contributed by atoms with Crippen LogP contribution in [0.4, 0.5) is 4.39 Å². The maximum Gasteiger partial charge on any atom is 0.223 e. The Morgan fingerprint density at radius 1 is 1.41 bits per heavy atom. The van der Waals surface area contributed by atoms with Crippen molar-refractivity contribution in [3.63, 3.8) is 0 Å². The number of benzene rings is 1. The minimum absolute atomic E-state index is 0.000427. The lowest BCUT2D eigenvalue weighted by Gasteiger charge is -2.27. The van der Waals surface area contributed by atoms with Crippen molar-refractivity contribution in [3.05, 3.63) is 34.6 Å². The van der Waals surface area contributed by atoms with Crippen LogP contribution in [0.15, 0.2) is 18.2 Å². The monoisotopic (exact) mass is 325 g/mol. The Hall–Kier alpha value is -1.13. The summed E-state index contributed by atoms with van der Waals surface area (Å²) in [5, 5.41) is 3.49. The number of hydrogen-bond donors (Lipinski definition) is 1. The Morgan fingerprint density at radius 3 is 2.82 bits per heavy atom. The summed E-state index contributed by atoms with van der Waals surface area (Å²) in [6.45, 7) is 3.44. The molecule has 1 heterocycles. The molecule has 22 heavy (non-hydrogen) atoms. The van der Waals surface area contributed by atoms with Crippen molar-refractivity contribution in [3.8, 4) is 0 Å². The maximum atomic E-state index is 13.9. The van der Waals surface area contributed by atoms with Gasteiger partial charge in [0.05, 0.1) is 0 Å². The first kappa shape index (κ1) is 15.8. The molecule has 1 aromatic carbocycles. The van der Waals surface area contributed by atoms with Crippen molar-refractivity contribution in [2.75, 3.05) is 13.2 Å². The van der Waals surface area contributed by atoms with Gasteiger partial charge in [0, 0.05) is 41.7 Å². The van der Waals surface area contributed by atoms with Gasteiger partial charge in [-0.15, -0.1) is 0 Å². The minimum atomic E-state index is -0.285. The normalized spacial score (nSPS) is 26.5. The van der Waals surface area contributed by atoms with E-state index in [1.54, 1.807) is 12.1 Å². The topological polar surface area (TPSA) is 38.3 Å². The van der Waals surface area contributed by atoms with Crippen LogP contribution in [-0.4, -0.2) is 25.2 Å². The van der Waals surface area contributed by atoms with E-state index in [1.807, 2.05) is 6.92 Å². The zero-order valence-corrected chi connectivity index (χ0v) is 13.4. The zero-order valence-electron chi connectivity index (χ0n) is 12.6. The molecular formula is C17H21ClFNO2. The Bertz CT molecular complexity index is 539. The van der Waals surface area contributed by atoms with Crippen LogP contribution in [0.2, 0.25) is 5.02 Å². The summed E-state index contributed by atoms with van der Waals surface area (Å²) in [5.74, 6) is 0.127. The molecule has 3 rings (SSSR count). The Kier molecular flexibility index (Phi) is 4.69. The van der Waals surface area contributed by atoms with Gasteiger partial charge >= 0.3 is 0 Å². The van der Waals surface area contributed by atoms with E-state index in [0.29, 0.717) is 16.5 Å². The van der Waals surface area contributed by atoms with E-state index in [9.17, 15) is 9.18 Å². The number of hydrogen-bond acceptors (Lipinski definition) is 2. The SMILES string of the molecule is C[C@H](C(=O)N[C@@H]1C[C@@H]1c1c(F)cccc1Cl)C1CCOCC1. The van der Waals surface area contributed by atoms with Crippen molar-refractivity contribution in [2.24, 2.45) is 11.8 Å². The average molecular weight is 326 g/mol. The van der Waals surface area contributed by atoms with Gasteiger partial charge in [0.1, 0.15) is 5.82 Å². The first-order chi connectivity index (χ1) is 10.6. The molecule has 1 aliphatic heterocycles. The molecule has 0 aromatic heterocycles. The van der Waals surface area contributed by atoms with Gasteiger partial charge in [0.25, 0.3) is 0 Å². The Balaban J connectivity index is 1.58. The fourth-order valence-electron chi connectivity index (χ4n) is 3.28. The second-order valence-electron chi connectivity index (χ2n) is 6.33. The standard InChI is InChI=1S/C17H21ClFNO2/c1-10(11-5-7-22-8-6-11)17(21)20-15-9-12(15)16-13(18)3-2-4-14(16)19/h2-4,10-12,15H,5-9H2,1H3,(H,20,21)/t10-,12-,15+/m0/s1. The van der Waals surface area contributed by atoms with Crippen LogP contribution >= 0.6 is 11.6 Å². The largest absolute Gasteiger partial charge is 0.381 e. The van der Waals surface area contributed by atoms with E-state index in [2.05, 4.69) is 5.32 Å². The van der Waals surface area contributed by atoms with E-state index in [-0.39, 0.29) is 29.6 Å². The van der Waals surface area contributed by atoms with Crippen molar-refractivity contribution in [1.82, 2.24) is 5.32 Å². The van der Waals surface area contributed by atoms with Crippen LogP contribution in [0.25, 0.3) is 0 Å². The van der Waals surface area contributed by atoms with E-state index in [0.717, 1.165) is 32.5 Å². The molecule has 1 saturated carbocycles. The van der Waals surface area contributed by atoms with Crippen LogP contribution < -0.4 is 5.32 Å². The van der Waals surface area contributed by atoms with E-state index >= 15 is 0 Å². The van der Waals surface area contributed by atoms with E-state index in [1.165, 1.54) is 6.07 Å². The molecule has 5 heteroatoms.